The molecule has 2 nitrogen and oxygen atoms in total. The first-order chi connectivity index (χ1) is 14.0. The number of hydrogen-bond acceptors (Lipinski definition) is 2. The van der Waals surface area contributed by atoms with Gasteiger partial charge in [0.05, 0.1) is 18.3 Å². The van der Waals surface area contributed by atoms with Gasteiger partial charge in [-0.3, -0.25) is 0 Å². The van der Waals surface area contributed by atoms with Crippen molar-refractivity contribution in [1.29, 1.82) is 0 Å². The molecule has 0 atom stereocenters. The van der Waals surface area contributed by atoms with Crippen molar-refractivity contribution < 1.29 is 22.6 Å². The average Bonchev–Trinajstić information content (AvgIpc) is 2.73. The van der Waals surface area contributed by atoms with Gasteiger partial charge in [0.25, 0.3) is 6.43 Å². The van der Waals surface area contributed by atoms with E-state index in [2.05, 4.69) is 6.92 Å². The lowest BCUT2D eigenvalue weighted by Crippen LogP contribution is -2.21. The van der Waals surface area contributed by atoms with Gasteiger partial charge in [-0.25, -0.2) is 13.2 Å². The summed E-state index contributed by atoms with van der Waals surface area (Å²) in [6.07, 6.45) is 7.52. The Morgan fingerprint density at radius 1 is 0.966 bits per heavy atom. The van der Waals surface area contributed by atoms with Gasteiger partial charge >= 0.3 is 0 Å². The first-order valence-corrected chi connectivity index (χ1v) is 11.3. The van der Waals surface area contributed by atoms with Gasteiger partial charge in [-0.1, -0.05) is 38.7 Å². The molecule has 1 aromatic carbocycles. The second-order valence-electron chi connectivity index (χ2n) is 8.88. The summed E-state index contributed by atoms with van der Waals surface area (Å²) in [6, 6.07) is 3.22. The predicted octanol–water partition coefficient (Wildman–Crippen LogP) is 7.42. The van der Waals surface area contributed by atoms with Crippen molar-refractivity contribution in [2.75, 3.05) is 13.7 Å². The van der Waals surface area contributed by atoms with Gasteiger partial charge in [-0.15, -0.1) is 0 Å². The molecule has 5 heteroatoms. The number of benzene rings is 1. The number of rotatable bonds is 8. The third kappa shape index (κ3) is 5.68. The Morgan fingerprint density at radius 2 is 1.62 bits per heavy atom. The highest BCUT2D eigenvalue weighted by atomic mass is 19.3. The summed E-state index contributed by atoms with van der Waals surface area (Å²) < 4.78 is 53.6. The smallest absolute Gasteiger partial charge is 0.267 e. The molecule has 0 bridgehead atoms. The summed E-state index contributed by atoms with van der Waals surface area (Å²) in [5.74, 6) is 0.256. The van der Waals surface area contributed by atoms with Gasteiger partial charge in [0.15, 0.2) is 11.6 Å². The zero-order valence-electron chi connectivity index (χ0n) is 17.8. The fraction of sp³-hybridized carbons (Fsp3) is 0.750. The number of ether oxygens (including phenoxy) is 2. The van der Waals surface area contributed by atoms with E-state index in [0.29, 0.717) is 18.1 Å². The van der Waals surface area contributed by atoms with Crippen molar-refractivity contribution >= 4 is 0 Å². The van der Waals surface area contributed by atoms with Crippen LogP contribution in [-0.4, -0.2) is 19.8 Å². The Morgan fingerprint density at radius 3 is 2.21 bits per heavy atom. The summed E-state index contributed by atoms with van der Waals surface area (Å²) in [4.78, 5) is 0. The number of methoxy groups -OCH3 is 1. The van der Waals surface area contributed by atoms with Crippen LogP contribution in [0.5, 0.6) is 5.75 Å². The third-order valence-corrected chi connectivity index (χ3v) is 6.98. The Balaban J connectivity index is 1.64. The molecule has 0 heterocycles. The quantitative estimate of drug-likeness (QED) is 0.442. The Bertz CT molecular complexity index is 633. The molecular weight excluding hydrogens is 377 g/mol. The Kier molecular flexibility index (Phi) is 8.28. The molecule has 0 saturated heterocycles. The van der Waals surface area contributed by atoms with Gasteiger partial charge in [-0.2, -0.15) is 0 Å². The van der Waals surface area contributed by atoms with Crippen molar-refractivity contribution in [2.24, 2.45) is 11.8 Å². The molecule has 29 heavy (non-hydrogen) atoms. The lowest BCUT2D eigenvalue weighted by Gasteiger charge is -2.30. The summed E-state index contributed by atoms with van der Waals surface area (Å²) in [6.45, 7) is 2.63. The van der Waals surface area contributed by atoms with Crippen LogP contribution >= 0.6 is 0 Å². The van der Waals surface area contributed by atoms with Crippen LogP contribution in [-0.2, 0) is 4.74 Å². The van der Waals surface area contributed by atoms with E-state index in [1.165, 1.54) is 25.7 Å². The molecule has 0 radical (unpaired) electrons. The molecule has 0 N–H and O–H groups in total. The van der Waals surface area contributed by atoms with Gasteiger partial charge < -0.3 is 9.47 Å². The van der Waals surface area contributed by atoms with E-state index < -0.39 is 17.8 Å². The Hall–Kier alpha value is -1.23. The van der Waals surface area contributed by atoms with Gasteiger partial charge in [0.1, 0.15) is 0 Å². The Labute approximate surface area is 173 Å². The largest absolute Gasteiger partial charge is 0.490 e. The zero-order chi connectivity index (χ0) is 20.8. The van der Waals surface area contributed by atoms with Gasteiger partial charge in [-0.05, 0) is 67.9 Å². The predicted molar refractivity (Wildman–Crippen MR) is 109 cm³/mol. The molecule has 2 aliphatic carbocycles. The maximum absolute atomic E-state index is 15.0. The fourth-order valence-electron chi connectivity index (χ4n) is 5.19. The minimum atomic E-state index is -2.84. The van der Waals surface area contributed by atoms with Crippen LogP contribution in [0.15, 0.2) is 12.1 Å². The molecule has 2 saturated carbocycles. The summed E-state index contributed by atoms with van der Waals surface area (Å²) in [5, 5.41) is 0. The van der Waals surface area contributed by atoms with Crippen LogP contribution in [0.2, 0.25) is 0 Å². The molecule has 0 spiro atoms. The van der Waals surface area contributed by atoms with Crippen molar-refractivity contribution in [2.45, 2.75) is 89.6 Å². The topological polar surface area (TPSA) is 18.5 Å². The molecule has 0 amide bonds. The minimum absolute atomic E-state index is 0.0229. The molecular formula is C24H35F3O2. The normalized spacial score (nSPS) is 27.9. The molecule has 0 aromatic heterocycles. The van der Waals surface area contributed by atoms with E-state index in [1.54, 1.807) is 19.2 Å². The second-order valence-corrected chi connectivity index (χ2v) is 8.88. The zero-order valence-corrected chi connectivity index (χ0v) is 17.8. The summed E-state index contributed by atoms with van der Waals surface area (Å²) in [5.41, 5.74) is -0.0190. The number of hydrogen-bond donors (Lipinski definition) is 0. The van der Waals surface area contributed by atoms with Crippen molar-refractivity contribution in [3.05, 3.63) is 29.1 Å². The molecule has 1 aromatic rings. The summed E-state index contributed by atoms with van der Waals surface area (Å²) >= 11 is 0. The first-order valence-electron chi connectivity index (χ1n) is 11.3. The molecule has 0 unspecified atom stereocenters. The highest BCUT2D eigenvalue weighted by Gasteiger charge is 2.30. The monoisotopic (exact) mass is 412 g/mol. The maximum atomic E-state index is 15.0. The molecule has 3 rings (SSSR count). The second kappa shape index (κ2) is 10.7. The van der Waals surface area contributed by atoms with Crippen LogP contribution in [0.4, 0.5) is 13.2 Å². The first kappa shape index (κ1) is 22.5. The van der Waals surface area contributed by atoms with Crippen molar-refractivity contribution in [3.8, 4) is 5.75 Å². The van der Waals surface area contributed by atoms with Gasteiger partial charge in [0.2, 0.25) is 0 Å². The van der Waals surface area contributed by atoms with E-state index in [1.807, 2.05) is 0 Å². The molecule has 2 aliphatic rings. The van der Waals surface area contributed by atoms with Crippen LogP contribution in [0.3, 0.4) is 0 Å². The maximum Gasteiger partial charge on any atom is 0.267 e. The molecule has 0 aliphatic heterocycles. The van der Waals surface area contributed by atoms with Crippen molar-refractivity contribution in [3.63, 3.8) is 0 Å². The van der Waals surface area contributed by atoms with Gasteiger partial charge in [0, 0.05) is 7.11 Å². The lowest BCUT2D eigenvalue weighted by molar-refractivity contribution is 0.0651. The van der Waals surface area contributed by atoms with Crippen LogP contribution in [0.25, 0.3) is 0 Å². The molecule has 2 fully saturated rings. The highest BCUT2D eigenvalue weighted by Crippen LogP contribution is 2.41. The van der Waals surface area contributed by atoms with Crippen LogP contribution in [0.1, 0.15) is 94.6 Å². The average molecular weight is 413 g/mol. The van der Waals surface area contributed by atoms with E-state index in [4.69, 9.17) is 9.47 Å². The number of alkyl halides is 2. The van der Waals surface area contributed by atoms with E-state index in [-0.39, 0.29) is 17.8 Å². The number of halogens is 3. The lowest BCUT2D eigenvalue weighted by atomic mass is 9.80. The fourth-order valence-corrected chi connectivity index (χ4v) is 5.19. The van der Waals surface area contributed by atoms with Crippen LogP contribution < -0.4 is 4.74 Å². The van der Waals surface area contributed by atoms with E-state index in [9.17, 15) is 13.2 Å². The molecule has 164 valence electrons. The van der Waals surface area contributed by atoms with E-state index >= 15 is 0 Å². The summed E-state index contributed by atoms with van der Waals surface area (Å²) in [7, 11) is 1.68. The SMILES string of the molecule is CCCC1CCC(COc2ccc(C3CCC(OC)CC3)c(C(F)F)c2F)CC1. The highest BCUT2D eigenvalue weighted by molar-refractivity contribution is 5.40. The third-order valence-electron chi connectivity index (χ3n) is 6.98. The van der Waals surface area contributed by atoms with Crippen molar-refractivity contribution in [1.82, 2.24) is 0 Å². The van der Waals surface area contributed by atoms with Crippen LogP contribution in [0, 0.1) is 17.7 Å². The standard InChI is InChI=1S/C24H35F3O2/c1-3-4-16-5-7-17(8-6-16)15-29-21-14-13-20(22(23(21)25)24(26)27)18-9-11-19(28-2)12-10-18/h13-14,16-19,24H,3-12,15H2,1-2H3. The van der Waals surface area contributed by atoms with E-state index in [0.717, 1.165) is 44.4 Å². The minimum Gasteiger partial charge on any atom is -0.490 e.